The van der Waals surface area contributed by atoms with E-state index in [-0.39, 0.29) is 6.54 Å². The molecule has 0 saturated carbocycles. The number of aryl methyl sites for hydroxylation is 1. The summed E-state index contributed by atoms with van der Waals surface area (Å²) in [6, 6.07) is 5.80. The smallest absolute Gasteiger partial charge is 0.434 e. The summed E-state index contributed by atoms with van der Waals surface area (Å²) in [5, 5.41) is 7.44. The van der Waals surface area contributed by atoms with E-state index in [1.54, 1.807) is 7.11 Å². The summed E-state index contributed by atoms with van der Waals surface area (Å²) in [6.45, 7) is 5.12. The molecule has 0 aliphatic heterocycles. The Balaban J connectivity index is 2.00. The van der Waals surface area contributed by atoms with Crippen LogP contribution >= 0.6 is 11.3 Å². The Hall–Kier alpha value is -2.29. The molecule has 5 nitrogen and oxygen atoms in total. The highest BCUT2D eigenvalue weighted by molar-refractivity contribution is 7.09. The van der Waals surface area contributed by atoms with Crippen LogP contribution in [0.4, 0.5) is 13.2 Å². The molecule has 0 atom stereocenters. The molecule has 0 fully saturated rings. The predicted octanol–water partition coefficient (Wildman–Crippen LogP) is 3.73. The van der Waals surface area contributed by atoms with Crippen molar-refractivity contribution in [3.05, 3.63) is 45.4 Å². The second kappa shape index (κ2) is 8.88. The fourth-order valence-electron chi connectivity index (χ4n) is 2.23. The van der Waals surface area contributed by atoms with E-state index in [1.165, 1.54) is 0 Å². The summed E-state index contributed by atoms with van der Waals surface area (Å²) in [6.07, 6.45) is -4.42. The Kier molecular flexibility index (Phi) is 6.84. The van der Waals surface area contributed by atoms with Gasteiger partial charge in [-0.25, -0.2) is 9.98 Å². The SMILES string of the molecule is CCNC(=NCc1ccc(OC)c(C)c1)NCc1nc(C(F)(F)F)cs1. The molecule has 1 aromatic heterocycles. The van der Waals surface area contributed by atoms with Crippen LogP contribution in [0.1, 0.15) is 28.8 Å². The number of guanidine groups is 1. The molecular formula is C17H21F3N4OS. The number of nitrogens with zero attached hydrogens (tertiary/aromatic N) is 2. The van der Waals surface area contributed by atoms with Crippen molar-refractivity contribution in [2.24, 2.45) is 4.99 Å². The fourth-order valence-corrected chi connectivity index (χ4v) is 2.97. The molecule has 0 aliphatic rings. The van der Waals surface area contributed by atoms with E-state index in [1.807, 2.05) is 32.0 Å². The van der Waals surface area contributed by atoms with Crippen LogP contribution in [0, 0.1) is 6.92 Å². The molecule has 9 heteroatoms. The molecular weight excluding hydrogens is 365 g/mol. The van der Waals surface area contributed by atoms with Crippen molar-refractivity contribution in [2.75, 3.05) is 13.7 Å². The number of hydrogen-bond donors (Lipinski definition) is 2. The molecule has 0 bridgehead atoms. The largest absolute Gasteiger partial charge is 0.496 e. The first-order valence-corrected chi connectivity index (χ1v) is 8.88. The Morgan fingerprint density at radius 3 is 2.65 bits per heavy atom. The number of halogens is 3. The van der Waals surface area contributed by atoms with Crippen molar-refractivity contribution in [1.82, 2.24) is 15.6 Å². The van der Waals surface area contributed by atoms with Crippen molar-refractivity contribution < 1.29 is 17.9 Å². The van der Waals surface area contributed by atoms with Crippen molar-refractivity contribution >= 4 is 17.3 Å². The first-order valence-electron chi connectivity index (χ1n) is 8.00. The van der Waals surface area contributed by atoms with Gasteiger partial charge in [0.1, 0.15) is 10.8 Å². The van der Waals surface area contributed by atoms with Gasteiger partial charge in [0.05, 0.1) is 20.2 Å². The van der Waals surface area contributed by atoms with Gasteiger partial charge >= 0.3 is 6.18 Å². The van der Waals surface area contributed by atoms with Crippen LogP contribution in [0.3, 0.4) is 0 Å². The van der Waals surface area contributed by atoms with E-state index < -0.39 is 11.9 Å². The summed E-state index contributed by atoms with van der Waals surface area (Å²) in [7, 11) is 1.62. The van der Waals surface area contributed by atoms with Gasteiger partial charge in [-0.2, -0.15) is 13.2 Å². The Morgan fingerprint density at radius 2 is 2.08 bits per heavy atom. The summed E-state index contributed by atoms with van der Waals surface area (Å²) in [5.74, 6) is 1.33. The van der Waals surface area contributed by atoms with Crippen LogP contribution in [0.5, 0.6) is 5.75 Å². The number of rotatable bonds is 6. The maximum Gasteiger partial charge on any atom is 0.434 e. The molecule has 2 N–H and O–H groups in total. The standard InChI is InChI=1S/C17H21F3N4OS/c1-4-21-16(22-8-12-5-6-13(25-3)11(2)7-12)23-9-15-24-14(10-26-15)17(18,19)20/h5-7,10H,4,8-9H2,1-3H3,(H2,21,22,23). The molecule has 0 aliphatic carbocycles. The van der Waals surface area contributed by atoms with Gasteiger partial charge in [-0.15, -0.1) is 11.3 Å². The zero-order chi connectivity index (χ0) is 19.2. The summed E-state index contributed by atoms with van der Waals surface area (Å²) < 4.78 is 43.0. The molecule has 0 spiro atoms. The highest BCUT2D eigenvalue weighted by Crippen LogP contribution is 2.29. The second-order valence-electron chi connectivity index (χ2n) is 5.48. The van der Waals surface area contributed by atoms with E-state index in [9.17, 15) is 13.2 Å². The van der Waals surface area contributed by atoms with Crippen molar-refractivity contribution in [3.8, 4) is 5.75 Å². The minimum absolute atomic E-state index is 0.175. The second-order valence-corrected chi connectivity index (χ2v) is 6.42. The minimum Gasteiger partial charge on any atom is -0.496 e. The number of thiazole rings is 1. The Morgan fingerprint density at radius 1 is 1.31 bits per heavy atom. The topological polar surface area (TPSA) is 58.5 Å². The highest BCUT2D eigenvalue weighted by Gasteiger charge is 2.33. The molecule has 1 heterocycles. The maximum absolute atomic E-state index is 12.6. The lowest BCUT2D eigenvalue weighted by Crippen LogP contribution is -2.36. The maximum atomic E-state index is 12.6. The van der Waals surface area contributed by atoms with Gasteiger partial charge in [-0.1, -0.05) is 12.1 Å². The third-order valence-corrected chi connectivity index (χ3v) is 4.32. The minimum atomic E-state index is -4.42. The number of hydrogen-bond acceptors (Lipinski definition) is 4. The molecule has 0 radical (unpaired) electrons. The number of aliphatic imine (C=N–C) groups is 1. The van der Waals surface area contributed by atoms with E-state index in [0.29, 0.717) is 24.1 Å². The van der Waals surface area contributed by atoms with Crippen LogP contribution in [-0.2, 0) is 19.3 Å². The van der Waals surface area contributed by atoms with Crippen LogP contribution in [0.15, 0.2) is 28.6 Å². The van der Waals surface area contributed by atoms with E-state index in [4.69, 9.17) is 4.74 Å². The number of methoxy groups -OCH3 is 1. The number of benzene rings is 1. The monoisotopic (exact) mass is 386 g/mol. The molecule has 1 aromatic carbocycles. The van der Waals surface area contributed by atoms with Crippen LogP contribution in [-0.4, -0.2) is 24.6 Å². The third kappa shape index (κ3) is 5.62. The molecule has 0 unspecified atom stereocenters. The lowest BCUT2D eigenvalue weighted by molar-refractivity contribution is -0.140. The van der Waals surface area contributed by atoms with E-state index >= 15 is 0 Å². The van der Waals surface area contributed by atoms with Gasteiger partial charge in [0.25, 0.3) is 0 Å². The average Bonchev–Trinajstić information content (AvgIpc) is 3.07. The molecule has 2 rings (SSSR count). The molecule has 0 amide bonds. The first kappa shape index (κ1) is 20.0. The first-order chi connectivity index (χ1) is 12.3. The zero-order valence-corrected chi connectivity index (χ0v) is 15.6. The predicted molar refractivity (Wildman–Crippen MR) is 96.5 cm³/mol. The molecule has 26 heavy (non-hydrogen) atoms. The van der Waals surface area contributed by atoms with Gasteiger partial charge in [0, 0.05) is 11.9 Å². The molecule has 0 saturated heterocycles. The van der Waals surface area contributed by atoms with Gasteiger partial charge in [-0.05, 0) is 31.0 Å². The highest BCUT2D eigenvalue weighted by atomic mass is 32.1. The summed E-state index contributed by atoms with van der Waals surface area (Å²) in [5.41, 5.74) is 1.16. The number of ether oxygens (including phenoxy) is 1. The van der Waals surface area contributed by atoms with Gasteiger partial charge < -0.3 is 15.4 Å². The van der Waals surface area contributed by atoms with Crippen molar-refractivity contribution in [3.63, 3.8) is 0 Å². The van der Waals surface area contributed by atoms with Crippen LogP contribution in [0.2, 0.25) is 0 Å². The number of alkyl halides is 3. The average molecular weight is 386 g/mol. The van der Waals surface area contributed by atoms with Crippen molar-refractivity contribution in [2.45, 2.75) is 33.1 Å². The summed E-state index contributed by atoms with van der Waals surface area (Å²) in [4.78, 5) is 8.06. The lowest BCUT2D eigenvalue weighted by atomic mass is 10.1. The zero-order valence-electron chi connectivity index (χ0n) is 14.8. The normalized spacial score (nSPS) is 12.2. The van der Waals surface area contributed by atoms with Gasteiger partial charge in [0.15, 0.2) is 11.7 Å². The quantitative estimate of drug-likeness (QED) is 0.587. The number of nitrogens with one attached hydrogen (secondary N) is 2. The van der Waals surface area contributed by atoms with Gasteiger partial charge in [0.2, 0.25) is 0 Å². The van der Waals surface area contributed by atoms with E-state index in [2.05, 4.69) is 20.6 Å². The van der Waals surface area contributed by atoms with Gasteiger partial charge in [-0.3, -0.25) is 0 Å². The lowest BCUT2D eigenvalue weighted by Gasteiger charge is -2.11. The summed E-state index contributed by atoms with van der Waals surface area (Å²) >= 11 is 0.967. The molecule has 2 aromatic rings. The van der Waals surface area contributed by atoms with E-state index in [0.717, 1.165) is 33.6 Å². The third-order valence-electron chi connectivity index (χ3n) is 3.47. The Labute approximate surface area is 154 Å². The Bertz CT molecular complexity index is 759. The van der Waals surface area contributed by atoms with Crippen LogP contribution < -0.4 is 15.4 Å². The number of aromatic nitrogens is 1. The van der Waals surface area contributed by atoms with Crippen LogP contribution in [0.25, 0.3) is 0 Å². The fraction of sp³-hybridized carbons (Fsp3) is 0.412. The van der Waals surface area contributed by atoms with Crippen molar-refractivity contribution in [1.29, 1.82) is 0 Å². The molecule has 142 valence electrons.